The summed E-state index contributed by atoms with van der Waals surface area (Å²) in [5, 5.41) is 9.67. The molecule has 1 N–H and O–H groups in total. The molecule has 0 aromatic carbocycles. The molecular weight excluding hydrogens is 839 g/mol. The average molecular weight is 937 g/mol. The van der Waals surface area contributed by atoms with E-state index in [-0.39, 0.29) is 38.6 Å². The Hall–Kier alpha value is -3.79. The van der Waals surface area contributed by atoms with E-state index in [0.717, 1.165) is 116 Å². The number of aliphatic carboxylic acids is 1. The molecular formula is C58H98NO8+. The van der Waals surface area contributed by atoms with Crippen LogP contribution in [0.15, 0.2) is 97.2 Å². The molecule has 0 fully saturated rings. The first-order valence-electron chi connectivity index (χ1n) is 26.4. The number of esters is 2. The maximum atomic E-state index is 12.8. The standard InChI is InChI=1S/C58H97NO8/c1-6-8-10-12-14-16-18-20-21-22-23-24-25-26-27-28-29-30-31-32-33-34-35-37-39-41-43-45-47-49-56(61)67-54(53-66-58(57(62)63)64-51-50-59(3,4)5)52-65-55(60)48-46-44-42-40-38-36-19-17-15-13-11-9-7-2/h8,10-11,13-14,16-17,19-21,23-24,26-27,29-30,54,58H,6-7,9,12,15,18,22,25,28,31-53H2,1-5H3/p+1/b10-8-,13-11-,16-14-,19-17-,21-20-,24-23-,27-26-,30-29-. The van der Waals surface area contributed by atoms with Gasteiger partial charge in [0.2, 0.25) is 0 Å². The average Bonchev–Trinajstić information content (AvgIpc) is 3.29. The van der Waals surface area contributed by atoms with Crippen molar-refractivity contribution >= 4 is 17.9 Å². The molecule has 0 spiro atoms. The maximum absolute atomic E-state index is 12.8. The number of carbonyl (C=O) groups is 3. The van der Waals surface area contributed by atoms with Crippen LogP contribution in [0.4, 0.5) is 0 Å². The quantitative estimate of drug-likeness (QED) is 0.0211. The molecule has 0 rings (SSSR count). The molecule has 0 saturated heterocycles. The molecule has 0 heterocycles. The molecule has 2 unspecified atom stereocenters. The number of likely N-dealkylation sites (N-methyl/N-ethyl adjacent to an activating group) is 1. The van der Waals surface area contributed by atoms with Crippen LogP contribution in [0.1, 0.15) is 194 Å². The van der Waals surface area contributed by atoms with Crippen molar-refractivity contribution in [3.63, 3.8) is 0 Å². The third-order valence-electron chi connectivity index (χ3n) is 10.8. The van der Waals surface area contributed by atoms with Crippen LogP contribution in [0, 0.1) is 0 Å². The number of unbranched alkanes of at least 4 members (excludes halogenated alkanes) is 16. The van der Waals surface area contributed by atoms with Crippen molar-refractivity contribution in [1.29, 1.82) is 0 Å². The van der Waals surface area contributed by atoms with E-state index in [2.05, 4.69) is 111 Å². The first-order valence-corrected chi connectivity index (χ1v) is 26.4. The Balaban J connectivity index is 4.27. The Kier molecular flexibility index (Phi) is 45.9. The molecule has 0 aromatic heterocycles. The lowest BCUT2D eigenvalue weighted by Crippen LogP contribution is -2.40. The van der Waals surface area contributed by atoms with E-state index in [1.54, 1.807) is 0 Å². The summed E-state index contributed by atoms with van der Waals surface area (Å²) in [5.74, 6) is -2.04. The maximum Gasteiger partial charge on any atom is 0.361 e. The van der Waals surface area contributed by atoms with Crippen LogP contribution in [0.2, 0.25) is 0 Å². The van der Waals surface area contributed by atoms with Gasteiger partial charge in [-0.05, 0) is 89.9 Å². The second-order valence-electron chi connectivity index (χ2n) is 18.4. The van der Waals surface area contributed by atoms with Gasteiger partial charge in [0.1, 0.15) is 13.2 Å². The summed E-state index contributed by atoms with van der Waals surface area (Å²) < 4.78 is 22.8. The summed E-state index contributed by atoms with van der Waals surface area (Å²) in [6.07, 6.45) is 61.9. The predicted octanol–water partition coefficient (Wildman–Crippen LogP) is 15.0. The van der Waals surface area contributed by atoms with E-state index in [1.165, 1.54) is 44.9 Å². The van der Waals surface area contributed by atoms with Gasteiger partial charge in [-0.1, -0.05) is 188 Å². The Morgan fingerprint density at radius 3 is 1.27 bits per heavy atom. The highest BCUT2D eigenvalue weighted by molar-refractivity contribution is 5.71. The van der Waals surface area contributed by atoms with Crippen LogP contribution < -0.4 is 0 Å². The van der Waals surface area contributed by atoms with Gasteiger partial charge in [0.25, 0.3) is 6.29 Å². The van der Waals surface area contributed by atoms with Gasteiger partial charge in [-0.2, -0.15) is 0 Å². The van der Waals surface area contributed by atoms with Gasteiger partial charge < -0.3 is 28.5 Å². The van der Waals surface area contributed by atoms with Crippen LogP contribution in [0.5, 0.6) is 0 Å². The van der Waals surface area contributed by atoms with Gasteiger partial charge in [-0.15, -0.1) is 0 Å². The number of hydrogen-bond acceptors (Lipinski definition) is 7. The van der Waals surface area contributed by atoms with E-state index in [1.807, 2.05) is 21.1 Å². The van der Waals surface area contributed by atoms with Crippen LogP contribution in [0.25, 0.3) is 0 Å². The minimum absolute atomic E-state index is 0.180. The van der Waals surface area contributed by atoms with Gasteiger partial charge in [-0.25, -0.2) is 4.79 Å². The van der Waals surface area contributed by atoms with Gasteiger partial charge in [0.05, 0.1) is 34.4 Å². The number of rotatable bonds is 47. The Morgan fingerprint density at radius 1 is 0.463 bits per heavy atom. The number of carboxylic acids is 1. The fourth-order valence-electron chi connectivity index (χ4n) is 6.76. The molecule has 0 aromatic rings. The molecule has 0 bridgehead atoms. The van der Waals surface area contributed by atoms with Crippen LogP contribution >= 0.6 is 0 Å². The molecule has 9 nitrogen and oxygen atoms in total. The van der Waals surface area contributed by atoms with Gasteiger partial charge in [0.15, 0.2) is 6.10 Å². The van der Waals surface area contributed by atoms with Crippen molar-refractivity contribution in [2.24, 2.45) is 0 Å². The zero-order valence-electron chi connectivity index (χ0n) is 43.3. The molecule has 67 heavy (non-hydrogen) atoms. The molecule has 0 amide bonds. The molecule has 0 aliphatic carbocycles. The van der Waals surface area contributed by atoms with Crippen molar-refractivity contribution in [3.8, 4) is 0 Å². The highest BCUT2D eigenvalue weighted by Crippen LogP contribution is 2.14. The smallest absolute Gasteiger partial charge is 0.361 e. The number of ether oxygens (including phenoxy) is 4. The number of allylic oxidation sites excluding steroid dienone is 16. The number of hydrogen-bond donors (Lipinski definition) is 1. The molecule has 0 aliphatic rings. The lowest BCUT2D eigenvalue weighted by atomic mass is 10.0. The predicted molar refractivity (Wildman–Crippen MR) is 281 cm³/mol. The van der Waals surface area contributed by atoms with E-state index in [9.17, 15) is 19.5 Å². The summed E-state index contributed by atoms with van der Waals surface area (Å²) in [6.45, 7) is 4.65. The van der Waals surface area contributed by atoms with Crippen LogP contribution in [-0.4, -0.2) is 87.4 Å². The fraction of sp³-hybridized carbons (Fsp3) is 0.672. The van der Waals surface area contributed by atoms with Crippen LogP contribution in [0.3, 0.4) is 0 Å². The zero-order chi connectivity index (χ0) is 49.2. The topological polar surface area (TPSA) is 108 Å². The van der Waals surface area contributed by atoms with Crippen molar-refractivity contribution in [2.45, 2.75) is 206 Å². The summed E-state index contributed by atoms with van der Waals surface area (Å²) in [4.78, 5) is 37.3. The Bertz CT molecular complexity index is 1420. The minimum atomic E-state index is -1.52. The fourth-order valence-corrected chi connectivity index (χ4v) is 6.76. The third kappa shape index (κ3) is 49.9. The second kappa shape index (κ2) is 48.7. The molecule has 382 valence electrons. The number of nitrogens with zero attached hydrogens (tertiary/aromatic N) is 1. The second-order valence-corrected chi connectivity index (χ2v) is 18.4. The van der Waals surface area contributed by atoms with E-state index >= 15 is 0 Å². The van der Waals surface area contributed by atoms with Crippen molar-refractivity contribution in [3.05, 3.63) is 97.2 Å². The summed E-state index contributed by atoms with van der Waals surface area (Å²) >= 11 is 0. The molecule has 2 atom stereocenters. The van der Waals surface area contributed by atoms with Crippen molar-refractivity contribution in [1.82, 2.24) is 0 Å². The SMILES string of the molecule is CC/C=C\C/C=C\C/C=C\C/C=C\C/C=C\C/C=C\CCCCCCCCCCCCC(=O)OC(COC(=O)CCCCCCC/C=C\C/C=C\CCC)COC(OCC[N+](C)(C)C)C(=O)O. The summed E-state index contributed by atoms with van der Waals surface area (Å²) in [6, 6.07) is 0. The minimum Gasteiger partial charge on any atom is -0.477 e. The van der Waals surface area contributed by atoms with Gasteiger partial charge in [0, 0.05) is 12.8 Å². The van der Waals surface area contributed by atoms with Gasteiger partial charge >= 0.3 is 17.9 Å². The monoisotopic (exact) mass is 937 g/mol. The Morgan fingerprint density at radius 2 is 0.851 bits per heavy atom. The molecule has 0 saturated carbocycles. The lowest BCUT2D eigenvalue weighted by molar-refractivity contribution is -0.870. The largest absolute Gasteiger partial charge is 0.477 e. The molecule has 9 heteroatoms. The first kappa shape index (κ1) is 63.2. The first-order chi connectivity index (χ1) is 32.6. The third-order valence-corrected chi connectivity index (χ3v) is 10.8. The van der Waals surface area contributed by atoms with Crippen molar-refractivity contribution < 1.29 is 42.9 Å². The molecule has 0 radical (unpaired) electrons. The van der Waals surface area contributed by atoms with E-state index in [4.69, 9.17) is 18.9 Å². The van der Waals surface area contributed by atoms with Crippen molar-refractivity contribution in [2.75, 3.05) is 47.5 Å². The van der Waals surface area contributed by atoms with E-state index in [0.29, 0.717) is 17.4 Å². The highest BCUT2D eigenvalue weighted by Gasteiger charge is 2.25. The van der Waals surface area contributed by atoms with E-state index < -0.39 is 24.3 Å². The number of carbonyl (C=O) groups excluding carboxylic acids is 2. The van der Waals surface area contributed by atoms with Crippen LogP contribution in [-0.2, 0) is 33.3 Å². The van der Waals surface area contributed by atoms with Gasteiger partial charge in [-0.3, -0.25) is 9.59 Å². The lowest BCUT2D eigenvalue weighted by Gasteiger charge is -2.25. The zero-order valence-corrected chi connectivity index (χ0v) is 43.3. The normalized spacial score (nSPS) is 13.6. The molecule has 0 aliphatic heterocycles. The highest BCUT2D eigenvalue weighted by atomic mass is 16.7. The summed E-state index contributed by atoms with van der Waals surface area (Å²) in [7, 11) is 5.95. The Labute approximate surface area is 410 Å². The summed E-state index contributed by atoms with van der Waals surface area (Å²) in [5.41, 5.74) is 0. The number of carboxylic acid groups (broad SMARTS) is 1. The number of quaternary nitrogens is 1.